The summed E-state index contributed by atoms with van der Waals surface area (Å²) in [5.74, 6) is 0.0777. The molecule has 33 heavy (non-hydrogen) atoms. The van der Waals surface area contributed by atoms with Crippen molar-refractivity contribution in [3.63, 3.8) is 0 Å². The van der Waals surface area contributed by atoms with E-state index in [1.54, 1.807) is 40.1 Å². The maximum absolute atomic E-state index is 13.5. The van der Waals surface area contributed by atoms with E-state index in [9.17, 15) is 14.4 Å². The first kappa shape index (κ1) is 20.1. The van der Waals surface area contributed by atoms with Crippen LogP contribution in [0.5, 0.6) is 5.75 Å². The Morgan fingerprint density at radius 2 is 1.76 bits per heavy atom. The van der Waals surface area contributed by atoms with E-state index < -0.39 is 6.04 Å². The van der Waals surface area contributed by atoms with Crippen molar-refractivity contribution in [2.24, 2.45) is 0 Å². The average molecular weight is 462 g/mol. The Kier molecular flexibility index (Phi) is 4.55. The maximum Gasteiger partial charge on any atom is 0.332 e. The number of carbonyl (C=O) groups excluding carboxylic acids is 3. The number of piperazine rings is 1. The summed E-state index contributed by atoms with van der Waals surface area (Å²) in [6.07, 6.45) is 0.609. The van der Waals surface area contributed by atoms with Gasteiger partial charge in [0.05, 0.1) is 17.8 Å². The van der Waals surface area contributed by atoms with Crippen LogP contribution in [0, 0.1) is 0 Å². The van der Waals surface area contributed by atoms with Gasteiger partial charge in [-0.15, -0.1) is 0 Å². The molecule has 0 saturated carbocycles. The molecular weight excluding hydrogens is 442 g/mol. The number of carbonyl (C=O) groups is 3. The van der Waals surface area contributed by atoms with Crippen LogP contribution in [0.25, 0.3) is 10.8 Å². The van der Waals surface area contributed by atoms with E-state index in [-0.39, 0.29) is 36.5 Å². The Balaban J connectivity index is 1.23. The number of nitrogens with zero attached hydrogens (tertiary/aromatic N) is 3. The smallest absolute Gasteiger partial charge is 0.332 e. The second-order valence-corrected chi connectivity index (χ2v) is 8.99. The van der Waals surface area contributed by atoms with Crippen molar-refractivity contribution in [2.45, 2.75) is 24.5 Å². The van der Waals surface area contributed by atoms with Gasteiger partial charge >= 0.3 is 6.03 Å². The Morgan fingerprint density at radius 3 is 2.58 bits per heavy atom. The molecule has 7 nitrogen and oxygen atoms in total. The minimum absolute atomic E-state index is 0.132. The van der Waals surface area contributed by atoms with Crippen LogP contribution < -0.4 is 9.64 Å². The largest absolute Gasteiger partial charge is 0.484 e. The summed E-state index contributed by atoms with van der Waals surface area (Å²) >= 11 is 5.89. The minimum atomic E-state index is -0.658. The minimum Gasteiger partial charge on any atom is -0.484 e. The molecule has 0 radical (unpaired) electrons. The van der Waals surface area contributed by atoms with Crippen molar-refractivity contribution in [1.82, 2.24) is 9.80 Å². The summed E-state index contributed by atoms with van der Waals surface area (Å²) in [6, 6.07) is 18.6. The van der Waals surface area contributed by atoms with Gasteiger partial charge in [-0.3, -0.25) is 9.59 Å². The van der Waals surface area contributed by atoms with Gasteiger partial charge in [0.1, 0.15) is 11.8 Å². The van der Waals surface area contributed by atoms with Crippen LogP contribution in [0.2, 0.25) is 5.02 Å². The third-order valence-corrected chi connectivity index (χ3v) is 7.02. The molecule has 3 atom stereocenters. The van der Waals surface area contributed by atoms with Crippen molar-refractivity contribution in [1.29, 1.82) is 0 Å². The molecule has 4 amide bonds. The van der Waals surface area contributed by atoms with Gasteiger partial charge < -0.3 is 14.5 Å². The number of fused-ring (bicyclic) bond motifs is 6. The fraction of sp³-hybridized carbons (Fsp3) is 0.240. The molecule has 0 aromatic heterocycles. The molecular formula is C25H20ClN3O4. The van der Waals surface area contributed by atoms with E-state index in [4.69, 9.17) is 16.3 Å². The second-order valence-electron chi connectivity index (χ2n) is 8.55. The van der Waals surface area contributed by atoms with E-state index in [0.29, 0.717) is 29.4 Å². The average Bonchev–Trinajstić information content (AvgIpc) is 3.49. The van der Waals surface area contributed by atoms with E-state index in [1.807, 2.05) is 36.4 Å². The topological polar surface area (TPSA) is 70.2 Å². The number of likely N-dealkylation sites (tertiary alicyclic amines) is 1. The number of rotatable bonds is 4. The number of urea groups is 1. The zero-order valence-corrected chi connectivity index (χ0v) is 18.3. The monoisotopic (exact) mass is 461 g/mol. The first-order valence-corrected chi connectivity index (χ1v) is 11.2. The summed E-state index contributed by atoms with van der Waals surface area (Å²) in [7, 11) is 0. The molecule has 0 N–H and O–H groups in total. The third kappa shape index (κ3) is 3.07. The first-order chi connectivity index (χ1) is 16.0. The summed E-state index contributed by atoms with van der Waals surface area (Å²) in [4.78, 5) is 44.4. The van der Waals surface area contributed by atoms with Crippen LogP contribution in [0.1, 0.15) is 6.42 Å². The molecule has 3 aliphatic rings. The highest BCUT2D eigenvalue weighted by Crippen LogP contribution is 2.43. The van der Waals surface area contributed by atoms with Crippen LogP contribution in [0.15, 0.2) is 66.7 Å². The predicted octanol–water partition coefficient (Wildman–Crippen LogP) is 3.69. The lowest BCUT2D eigenvalue weighted by molar-refractivity contribution is -0.137. The molecule has 3 aromatic carbocycles. The van der Waals surface area contributed by atoms with Crippen molar-refractivity contribution >= 4 is 45.9 Å². The molecule has 166 valence electrons. The van der Waals surface area contributed by atoms with Crippen molar-refractivity contribution in [2.75, 3.05) is 18.1 Å². The SMILES string of the molecule is O=C1[C@H]2C3CC(CN3C(=O)COc3ccc(Cl)cc3)N2C(=O)N1c1cccc2ccccc12. The number of halogens is 1. The molecule has 0 spiro atoms. The van der Waals surface area contributed by atoms with Gasteiger partial charge in [-0.25, -0.2) is 9.69 Å². The highest BCUT2D eigenvalue weighted by atomic mass is 35.5. The Bertz CT molecular complexity index is 1290. The van der Waals surface area contributed by atoms with Crippen LogP contribution in [0.4, 0.5) is 10.5 Å². The quantitative estimate of drug-likeness (QED) is 0.556. The van der Waals surface area contributed by atoms with E-state index in [1.165, 1.54) is 4.90 Å². The van der Waals surface area contributed by atoms with E-state index >= 15 is 0 Å². The molecule has 3 heterocycles. The van der Waals surface area contributed by atoms with Gasteiger partial charge in [-0.05, 0) is 42.1 Å². The number of anilines is 1. The Morgan fingerprint density at radius 1 is 1.00 bits per heavy atom. The summed E-state index contributed by atoms with van der Waals surface area (Å²) < 4.78 is 5.62. The van der Waals surface area contributed by atoms with Crippen LogP contribution in [-0.2, 0) is 9.59 Å². The molecule has 3 fully saturated rings. The van der Waals surface area contributed by atoms with Crippen LogP contribution >= 0.6 is 11.6 Å². The normalized spacial score (nSPS) is 23.5. The van der Waals surface area contributed by atoms with Crippen molar-refractivity contribution in [3.05, 3.63) is 71.8 Å². The molecule has 2 unspecified atom stereocenters. The highest BCUT2D eigenvalue weighted by Gasteiger charge is 2.62. The Hall–Kier alpha value is -3.58. The molecule has 0 aliphatic carbocycles. The molecule has 2 bridgehead atoms. The lowest BCUT2D eigenvalue weighted by Crippen LogP contribution is -2.55. The van der Waals surface area contributed by atoms with Gasteiger partial charge in [0.2, 0.25) is 0 Å². The second kappa shape index (κ2) is 7.49. The van der Waals surface area contributed by atoms with Gasteiger partial charge in [-0.1, -0.05) is 48.0 Å². The van der Waals surface area contributed by atoms with Gasteiger partial charge in [0.15, 0.2) is 6.61 Å². The lowest BCUT2D eigenvalue weighted by Gasteiger charge is -2.34. The fourth-order valence-corrected chi connectivity index (χ4v) is 5.45. The number of amides is 4. The Labute approximate surface area is 195 Å². The molecule has 3 saturated heterocycles. The van der Waals surface area contributed by atoms with E-state index in [2.05, 4.69) is 0 Å². The summed E-state index contributed by atoms with van der Waals surface area (Å²) in [5.41, 5.74) is 0.584. The van der Waals surface area contributed by atoms with Crippen LogP contribution in [0.3, 0.4) is 0 Å². The van der Waals surface area contributed by atoms with Crippen molar-refractivity contribution < 1.29 is 19.1 Å². The standard InChI is InChI=1S/C25H20ClN3O4/c26-16-8-10-18(11-9-16)33-14-22(30)27-13-17-12-21(27)23-24(31)29(25(32)28(17)23)20-7-3-5-15-4-1-2-6-19(15)20/h1-11,17,21,23H,12-14H2/t17?,21?,23-/m1/s1. The highest BCUT2D eigenvalue weighted by molar-refractivity contribution is 6.30. The molecule has 3 aliphatic heterocycles. The van der Waals surface area contributed by atoms with E-state index in [0.717, 1.165) is 10.8 Å². The van der Waals surface area contributed by atoms with Gasteiger partial charge in [-0.2, -0.15) is 0 Å². The third-order valence-electron chi connectivity index (χ3n) is 6.77. The van der Waals surface area contributed by atoms with Gasteiger partial charge in [0.25, 0.3) is 11.8 Å². The van der Waals surface area contributed by atoms with Crippen LogP contribution in [-0.4, -0.2) is 58.9 Å². The summed E-state index contributed by atoms with van der Waals surface area (Å²) in [5, 5.41) is 2.40. The maximum atomic E-state index is 13.5. The molecule has 3 aromatic rings. The number of imide groups is 1. The number of ether oxygens (including phenoxy) is 1. The van der Waals surface area contributed by atoms with Crippen molar-refractivity contribution in [3.8, 4) is 5.75 Å². The van der Waals surface area contributed by atoms with Gasteiger partial charge in [0, 0.05) is 17.0 Å². The summed E-state index contributed by atoms with van der Waals surface area (Å²) in [6.45, 7) is 0.277. The first-order valence-electron chi connectivity index (χ1n) is 10.8. The predicted molar refractivity (Wildman–Crippen MR) is 123 cm³/mol. The zero-order chi connectivity index (χ0) is 22.7. The number of hydrogen-bond acceptors (Lipinski definition) is 4. The lowest BCUT2D eigenvalue weighted by atomic mass is 10.1. The number of hydrogen-bond donors (Lipinski definition) is 0. The molecule has 8 heteroatoms. The molecule has 6 rings (SSSR count). The number of benzene rings is 3. The zero-order valence-electron chi connectivity index (χ0n) is 17.6. The fourth-order valence-electron chi connectivity index (χ4n) is 5.33.